The first-order valence-electron chi connectivity index (χ1n) is 7.03. The highest BCUT2D eigenvalue weighted by Gasteiger charge is 2.21. The molecule has 110 valence electrons. The Morgan fingerprint density at radius 3 is 2.90 bits per heavy atom. The van der Waals surface area contributed by atoms with Crippen LogP contribution in [-0.4, -0.2) is 31.6 Å². The van der Waals surface area contributed by atoms with Gasteiger partial charge in [-0.3, -0.25) is 4.79 Å². The molecule has 0 spiro atoms. The predicted octanol–water partition coefficient (Wildman–Crippen LogP) is 2.22. The molecule has 20 heavy (non-hydrogen) atoms. The molecule has 4 nitrogen and oxygen atoms in total. The lowest BCUT2D eigenvalue weighted by Crippen LogP contribution is -2.45. The third kappa shape index (κ3) is 4.69. The molecule has 0 aromatic heterocycles. The van der Waals surface area contributed by atoms with Gasteiger partial charge in [0.25, 0.3) is 5.91 Å². The molecule has 1 aliphatic rings. The van der Waals surface area contributed by atoms with E-state index in [4.69, 9.17) is 16.3 Å². The Kier molecular flexibility index (Phi) is 5.68. The summed E-state index contributed by atoms with van der Waals surface area (Å²) < 4.78 is 5.42. The van der Waals surface area contributed by atoms with Crippen molar-refractivity contribution in [2.75, 3.05) is 19.7 Å². The molecule has 1 aliphatic heterocycles. The van der Waals surface area contributed by atoms with Crippen molar-refractivity contribution in [3.63, 3.8) is 0 Å². The van der Waals surface area contributed by atoms with Gasteiger partial charge in [0.2, 0.25) is 0 Å². The van der Waals surface area contributed by atoms with E-state index in [1.807, 2.05) is 0 Å². The second-order valence-corrected chi connectivity index (χ2v) is 5.64. The van der Waals surface area contributed by atoms with E-state index in [-0.39, 0.29) is 18.6 Å². The molecule has 2 N–H and O–H groups in total. The maximum Gasteiger partial charge on any atom is 0.258 e. The Morgan fingerprint density at radius 1 is 1.50 bits per heavy atom. The van der Waals surface area contributed by atoms with Gasteiger partial charge in [-0.25, -0.2) is 0 Å². The first-order chi connectivity index (χ1) is 9.65. The molecule has 0 radical (unpaired) electrons. The van der Waals surface area contributed by atoms with Crippen molar-refractivity contribution in [1.29, 1.82) is 0 Å². The number of hydrogen-bond acceptors (Lipinski definition) is 3. The quantitative estimate of drug-likeness (QED) is 0.876. The van der Waals surface area contributed by atoms with Gasteiger partial charge in [0.15, 0.2) is 6.61 Å². The van der Waals surface area contributed by atoms with Crippen molar-refractivity contribution in [2.45, 2.75) is 25.8 Å². The topological polar surface area (TPSA) is 50.4 Å². The lowest BCUT2D eigenvalue weighted by molar-refractivity contribution is -0.124. The lowest BCUT2D eigenvalue weighted by atomic mass is 9.93. The maximum atomic E-state index is 11.9. The van der Waals surface area contributed by atoms with Crippen LogP contribution in [-0.2, 0) is 4.79 Å². The Morgan fingerprint density at radius 2 is 2.25 bits per heavy atom. The van der Waals surface area contributed by atoms with Crippen LogP contribution in [0.1, 0.15) is 19.8 Å². The molecular formula is C15H21ClN2O2. The van der Waals surface area contributed by atoms with E-state index in [1.54, 1.807) is 24.3 Å². The van der Waals surface area contributed by atoms with Crippen LogP contribution >= 0.6 is 11.6 Å². The van der Waals surface area contributed by atoms with Gasteiger partial charge in [-0.05, 0) is 63.0 Å². The first kappa shape index (κ1) is 15.1. The van der Waals surface area contributed by atoms with E-state index in [9.17, 15) is 4.79 Å². The van der Waals surface area contributed by atoms with Gasteiger partial charge in [0, 0.05) is 11.1 Å². The minimum absolute atomic E-state index is 0.0339. The van der Waals surface area contributed by atoms with Crippen molar-refractivity contribution in [2.24, 2.45) is 5.92 Å². The highest BCUT2D eigenvalue weighted by Crippen LogP contribution is 2.16. The molecule has 1 fully saturated rings. The number of ether oxygens (including phenoxy) is 1. The number of nitrogens with one attached hydrogen (secondary N) is 2. The smallest absolute Gasteiger partial charge is 0.258 e. The second kappa shape index (κ2) is 7.50. The molecule has 1 heterocycles. The number of rotatable bonds is 5. The van der Waals surface area contributed by atoms with E-state index < -0.39 is 0 Å². The van der Waals surface area contributed by atoms with Crippen molar-refractivity contribution in [3.05, 3.63) is 29.3 Å². The van der Waals surface area contributed by atoms with E-state index in [0.717, 1.165) is 19.5 Å². The van der Waals surface area contributed by atoms with Crippen LogP contribution in [0.2, 0.25) is 5.02 Å². The minimum Gasteiger partial charge on any atom is -0.484 e. The zero-order chi connectivity index (χ0) is 14.4. The molecule has 0 saturated carbocycles. The number of carbonyl (C=O) groups excluding carboxylic acids is 1. The number of amides is 1. The Hall–Kier alpha value is -1.26. The number of carbonyl (C=O) groups is 1. The summed E-state index contributed by atoms with van der Waals surface area (Å²) in [4.78, 5) is 11.9. The summed E-state index contributed by atoms with van der Waals surface area (Å²) in [7, 11) is 0. The highest BCUT2D eigenvalue weighted by molar-refractivity contribution is 6.30. The molecule has 1 aromatic carbocycles. The van der Waals surface area contributed by atoms with E-state index in [0.29, 0.717) is 16.7 Å². The molecule has 1 aromatic rings. The maximum absolute atomic E-state index is 11.9. The normalized spacial score (nSPS) is 20.2. The average molecular weight is 297 g/mol. The van der Waals surface area contributed by atoms with Crippen molar-refractivity contribution < 1.29 is 9.53 Å². The molecule has 1 saturated heterocycles. The summed E-state index contributed by atoms with van der Waals surface area (Å²) in [5.41, 5.74) is 0. The summed E-state index contributed by atoms with van der Waals surface area (Å²) in [6.07, 6.45) is 2.33. The molecule has 2 unspecified atom stereocenters. The van der Waals surface area contributed by atoms with Crippen LogP contribution in [0.15, 0.2) is 24.3 Å². The van der Waals surface area contributed by atoms with Gasteiger partial charge >= 0.3 is 0 Å². The van der Waals surface area contributed by atoms with Crippen LogP contribution in [0.3, 0.4) is 0 Å². The van der Waals surface area contributed by atoms with Crippen LogP contribution in [0, 0.1) is 5.92 Å². The van der Waals surface area contributed by atoms with Gasteiger partial charge in [-0.1, -0.05) is 11.6 Å². The standard InChI is InChI=1S/C15H21ClN2O2/c1-11(12-3-2-8-17-9-12)18-15(19)10-20-14-6-4-13(16)5-7-14/h4-7,11-12,17H,2-3,8-10H2,1H3,(H,18,19). The van der Waals surface area contributed by atoms with Crippen molar-refractivity contribution in [1.82, 2.24) is 10.6 Å². The first-order valence-corrected chi connectivity index (χ1v) is 7.41. The largest absolute Gasteiger partial charge is 0.484 e. The second-order valence-electron chi connectivity index (χ2n) is 5.21. The fraction of sp³-hybridized carbons (Fsp3) is 0.533. The van der Waals surface area contributed by atoms with Crippen LogP contribution in [0.5, 0.6) is 5.75 Å². The number of benzene rings is 1. The Labute approximate surface area is 124 Å². The van der Waals surface area contributed by atoms with Gasteiger partial charge < -0.3 is 15.4 Å². The SMILES string of the molecule is CC(NC(=O)COc1ccc(Cl)cc1)C1CCCNC1. The summed E-state index contributed by atoms with van der Waals surface area (Å²) in [5, 5.41) is 7.01. The van der Waals surface area contributed by atoms with Crippen molar-refractivity contribution in [3.8, 4) is 5.75 Å². The molecule has 2 atom stereocenters. The van der Waals surface area contributed by atoms with Gasteiger partial charge in [-0.2, -0.15) is 0 Å². The summed E-state index contributed by atoms with van der Waals surface area (Å²) in [6.45, 7) is 4.14. The van der Waals surface area contributed by atoms with Crippen molar-refractivity contribution >= 4 is 17.5 Å². The van der Waals surface area contributed by atoms with Gasteiger partial charge in [0.1, 0.15) is 5.75 Å². The zero-order valence-corrected chi connectivity index (χ0v) is 12.5. The molecule has 0 bridgehead atoms. The average Bonchev–Trinajstić information content (AvgIpc) is 2.47. The van der Waals surface area contributed by atoms with Gasteiger partial charge in [0.05, 0.1) is 0 Å². The lowest BCUT2D eigenvalue weighted by Gasteiger charge is -2.28. The molecule has 5 heteroatoms. The fourth-order valence-electron chi connectivity index (χ4n) is 2.40. The third-order valence-corrected chi connectivity index (χ3v) is 3.87. The summed E-state index contributed by atoms with van der Waals surface area (Å²) in [5.74, 6) is 1.07. The van der Waals surface area contributed by atoms with E-state index in [1.165, 1.54) is 6.42 Å². The minimum atomic E-state index is -0.0852. The van der Waals surface area contributed by atoms with E-state index >= 15 is 0 Å². The predicted molar refractivity (Wildman–Crippen MR) is 80.1 cm³/mol. The molecule has 0 aliphatic carbocycles. The highest BCUT2D eigenvalue weighted by atomic mass is 35.5. The third-order valence-electron chi connectivity index (χ3n) is 3.61. The van der Waals surface area contributed by atoms with Crippen LogP contribution in [0.25, 0.3) is 0 Å². The number of piperidine rings is 1. The Balaban J connectivity index is 1.73. The monoisotopic (exact) mass is 296 g/mol. The van der Waals surface area contributed by atoms with Crippen LogP contribution < -0.4 is 15.4 Å². The summed E-state index contributed by atoms with van der Waals surface area (Å²) >= 11 is 5.79. The summed E-state index contributed by atoms with van der Waals surface area (Å²) in [6, 6.07) is 7.16. The van der Waals surface area contributed by atoms with E-state index in [2.05, 4.69) is 17.6 Å². The number of halogens is 1. The zero-order valence-electron chi connectivity index (χ0n) is 11.7. The molecular weight excluding hydrogens is 276 g/mol. The number of hydrogen-bond donors (Lipinski definition) is 2. The Bertz CT molecular complexity index is 430. The van der Waals surface area contributed by atoms with Crippen LogP contribution in [0.4, 0.5) is 0 Å². The molecule has 2 rings (SSSR count). The molecule has 1 amide bonds. The van der Waals surface area contributed by atoms with Gasteiger partial charge in [-0.15, -0.1) is 0 Å². The fourth-order valence-corrected chi connectivity index (χ4v) is 2.52.